The summed E-state index contributed by atoms with van der Waals surface area (Å²) in [5.74, 6) is 1.44. The van der Waals surface area contributed by atoms with Crippen molar-refractivity contribution in [1.29, 1.82) is 0 Å². The molecule has 0 fully saturated rings. The highest BCUT2D eigenvalue weighted by Crippen LogP contribution is 2.34. The maximum absolute atomic E-state index is 10.4. The van der Waals surface area contributed by atoms with Crippen LogP contribution in [0.5, 0.6) is 11.5 Å². The lowest BCUT2D eigenvalue weighted by Gasteiger charge is -2.24. The maximum Gasteiger partial charge on any atom is 0.231 e. The molecule has 6 heteroatoms. The number of thiophene rings is 1. The third-order valence-corrected chi connectivity index (χ3v) is 4.71. The number of hydrogen-bond donors (Lipinski definition) is 2. The zero-order valence-corrected chi connectivity index (χ0v) is 14.2. The predicted octanol–water partition coefficient (Wildman–Crippen LogP) is 2.40. The van der Waals surface area contributed by atoms with Crippen molar-refractivity contribution >= 4 is 11.3 Å². The first kappa shape index (κ1) is 16.3. The summed E-state index contributed by atoms with van der Waals surface area (Å²) in [6.07, 6.45) is -0.574. The van der Waals surface area contributed by atoms with Crippen LogP contribution in [-0.4, -0.2) is 44.0 Å². The molecule has 1 aliphatic heterocycles. The number of ether oxygens (including phenoxy) is 2. The Bertz CT molecular complexity index is 631. The van der Waals surface area contributed by atoms with Crippen molar-refractivity contribution in [3.8, 4) is 11.5 Å². The predicted molar refractivity (Wildman–Crippen MR) is 91.1 cm³/mol. The van der Waals surface area contributed by atoms with Crippen molar-refractivity contribution in [1.82, 2.24) is 10.2 Å². The number of nitrogens with zero attached hydrogens (tertiary/aromatic N) is 1. The van der Waals surface area contributed by atoms with Crippen LogP contribution >= 0.6 is 11.3 Å². The average Bonchev–Trinajstić information content (AvgIpc) is 3.21. The van der Waals surface area contributed by atoms with Crippen molar-refractivity contribution in [2.24, 2.45) is 0 Å². The SMILES string of the molecule is CN(C)[C@H](CNC[C@H](O)c1ccc2c(c1)OCO2)c1ccsc1. The van der Waals surface area contributed by atoms with E-state index in [0.717, 1.165) is 17.9 Å². The van der Waals surface area contributed by atoms with E-state index in [0.29, 0.717) is 18.3 Å². The second-order valence-corrected chi connectivity index (χ2v) is 6.60. The van der Waals surface area contributed by atoms with Gasteiger partial charge in [-0.25, -0.2) is 0 Å². The summed E-state index contributed by atoms with van der Waals surface area (Å²) in [5.41, 5.74) is 2.13. The number of aliphatic hydroxyl groups is 1. The molecule has 3 rings (SSSR count). The molecule has 0 aliphatic carbocycles. The van der Waals surface area contributed by atoms with Gasteiger partial charge >= 0.3 is 0 Å². The second-order valence-electron chi connectivity index (χ2n) is 5.82. The first-order valence-corrected chi connectivity index (χ1v) is 8.56. The van der Waals surface area contributed by atoms with Gasteiger partial charge in [-0.15, -0.1) is 0 Å². The lowest BCUT2D eigenvalue weighted by molar-refractivity contribution is 0.167. The van der Waals surface area contributed by atoms with E-state index in [1.165, 1.54) is 5.56 Å². The van der Waals surface area contributed by atoms with E-state index in [1.807, 2.05) is 18.2 Å². The van der Waals surface area contributed by atoms with Crippen LogP contribution in [0.3, 0.4) is 0 Å². The van der Waals surface area contributed by atoms with Crippen molar-refractivity contribution in [2.75, 3.05) is 34.0 Å². The van der Waals surface area contributed by atoms with Gasteiger partial charge in [0.1, 0.15) is 0 Å². The Morgan fingerprint density at radius 2 is 2.00 bits per heavy atom. The first-order valence-electron chi connectivity index (χ1n) is 7.62. The van der Waals surface area contributed by atoms with Gasteiger partial charge in [0.2, 0.25) is 6.79 Å². The molecular weight excluding hydrogens is 312 g/mol. The van der Waals surface area contributed by atoms with Gasteiger partial charge in [-0.05, 0) is 54.2 Å². The molecule has 2 N–H and O–H groups in total. The normalized spacial score (nSPS) is 15.8. The van der Waals surface area contributed by atoms with Gasteiger partial charge in [-0.3, -0.25) is 0 Å². The number of fused-ring (bicyclic) bond motifs is 1. The lowest BCUT2D eigenvalue weighted by Crippen LogP contribution is -2.33. The topological polar surface area (TPSA) is 54.0 Å². The fourth-order valence-corrected chi connectivity index (χ4v) is 3.37. The Kier molecular flexibility index (Phi) is 5.17. The molecule has 2 atom stereocenters. The summed E-state index contributed by atoms with van der Waals surface area (Å²) in [6, 6.07) is 8.00. The minimum atomic E-state index is -0.574. The van der Waals surface area contributed by atoms with E-state index in [4.69, 9.17) is 9.47 Å². The van der Waals surface area contributed by atoms with Crippen molar-refractivity contribution in [3.05, 3.63) is 46.2 Å². The molecule has 0 bridgehead atoms. The molecule has 1 aromatic heterocycles. The van der Waals surface area contributed by atoms with Gasteiger partial charge in [0.25, 0.3) is 0 Å². The van der Waals surface area contributed by atoms with Crippen LogP contribution in [0.15, 0.2) is 35.0 Å². The van der Waals surface area contributed by atoms with Crippen LogP contribution in [0.25, 0.3) is 0 Å². The summed E-state index contributed by atoms with van der Waals surface area (Å²) in [7, 11) is 4.14. The molecular formula is C17H22N2O3S. The molecule has 0 amide bonds. The van der Waals surface area contributed by atoms with Crippen LogP contribution in [0.2, 0.25) is 0 Å². The van der Waals surface area contributed by atoms with Gasteiger partial charge < -0.3 is 24.8 Å². The Balaban J connectivity index is 1.55. The standard InChI is InChI=1S/C17H22N2O3S/c1-19(2)14(13-5-6-23-10-13)8-18-9-15(20)12-3-4-16-17(7-12)22-11-21-16/h3-7,10,14-15,18,20H,8-9,11H2,1-2H3/t14-,15+/m1/s1. The van der Waals surface area contributed by atoms with Crippen molar-refractivity contribution in [3.63, 3.8) is 0 Å². The summed E-state index contributed by atoms with van der Waals surface area (Å²) < 4.78 is 10.6. The van der Waals surface area contributed by atoms with E-state index in [1.54, 1.807) is 11.3 Å². The molecule has 5 nitrogen and oxygen atoms in total. The Hall–Kier alpha value is -1.60. The fourth-order valence-electron chi connectivity index (χ4n) is 2.66. The molecule has 0 radical (unpaired) electrons. The van der Waals surface area contributed by atoms with E-state index < -0.39 is 6.10 Å². The van der Waals surface area contributed by atoms with Gasteiger partial charge in [-0.2, -0.15) is 11.3 Å². The third kappa shape index (κ3) is 3.84. The van der Waals surface area contributed by atoms with E-state index in [9.17, 15) is 5.11 Å². The molecule has 1 aromatic carbocycles. The lowest BCUT2D eigenvalue weighted by atomic mass is 10.1. The van der Waals surface area contributed by atoms with Gasteiger partial charge in [0, 0.05) is 19.1 Å². The zero-order chi connectivity index (χ0) is 16.2. The number of aliphatic hydroxyl groups excluding tert-OH is 1. The van der Waals surface area contributed by atoms with Gasteiger partial charge in [0.05, 0.1) is 6.10 Å². The minimum absolute atomic E-state index is 0.248. The Labute approximate surface area is 140 Å². The summed E-state index contributed by atoms with van der Waals surface area (Å²) in [4.78, 5) is 2.18. The quantitative estimate of drug-likeness (QED) is 0.814. The molecule has 1 aliphatic rings. The number of hydrogen-bond acceptors (Lipinski definition) is 6. The molecule has 0 saturated heterocycles. The summed E-state index contributed by atoms with van der Waals surface area (Å²) in [6.45, 7) is 1.53. The number of nitrogens with one attached hydrogen (secondary N) is 1. The molecule has 23 heavy (non-hydrogen) atoms. The van der Waals surface area contributed by atoms with Crippen LogP contribution in [-0.2, 0) is 0 Å². The smallest absolute Gasteiger partial charge is 0.231 e. The van der Waals surface area contributed by atoms with Crippen molar-refractivity contribution in [2.45, 2.75) is 12.1 Å². The largest absolute Gasteiger partial charge is 0.454 e. The second kappa shape index (κ2) is 7.31. The number of rotatable bonds is 7. The molecule has 0 saturated carbocycles. The highest BCUT2D eigenvalue weighted by molar-refractivity contribution is 7.07. The Morgan fingerprint density at radius 3 is 2.74 bits per heavy atom. The van der Waals surface area contributed by atoms with Crippen LogP contribution in [0, 0.1) is 0 Å². The summed E-state index contributed by atoms with van der Waals surface area (Å²) in [5, 5.41) is 18.0. The molecule has 2 aromatic rings. The monoisotopic (exact) mass is 334 g/mol. The van der Waals surface area contributed by atoms with Gasteiger partial charge in [0.15, 0.2) is 11.5 Å². The van der Waals surface area contributed by atoms with Crippen molar-refractivity contribution < 1.29 is 14.6 Å². The van der Waals surface area contributed by atoms with E-state index >= 15 is 0 Å². The first-order chi connectivity index (χ1) is 11.1. The highest BCUT2D eigenvalue weighted by Gasteiger charge is 2.18. The summed E-state index contributed by atoms with van der Waals surface area (Å²) >= 11 is 1.70. The molecule has 0 spiro atoms. The number of benzene rings is 1. The molecule has 0 unspecified atom stereocenters. The fraction of sp³-hybridized carbons (Fsp3) is 0.412. The van der Waals surface area contributed by atoms with Gasteiger partial charge in [-0.1, -0.05) is 6.07 Å². The average molecular weight is 334 g/mol. The highest BCUT2D eigenvalue weighted by atomic mass is 32.1. The van der Waals surface area contributed by atoms with Crippen LogP contribution in [0.1, 0.15) is 23.3 Å². The number of likely N-dealkylation sites (N-methyl/N-ethyl adjacent to an activating group) is 1. The zero-order valence-electron chi connectivity index (χ0n) is 13.4. The van der Waals surface area contributed by atoms with E-state index in [-0.39, 0.29) is 6.79 Å². The third-order valence-electron chi connectivity index (χ3n) is 4.01. The van der Waals surface area contributed by atoms with Crippen LogP contribution < -0.4 is 14.8 Å². The minimum Gasteiger partial charge on any atom is -0.454 e. The molecule has 124 valence electrons. The molecule has 2 heterocycles. The maximum atomic E-state index is 10.4. The Morgan fingerprint density at radius 1 is 1.17 bits per heavy atom. The van der Waals surface area contributed by atoms with Crippen LogP contribution in [0.4, 0.5) is 0 Å². The van der Waals surface area contributed by atoms with E-state index in [2.05, 4.69) is 41.1 Å².